The Bertz CT molecular complexity index is 479. The summed E-state index contributed by atoms with van der Waals surface area (Å²) in [4.78, 5) is 14.6. The van der Waals surface area contributed by atoms with E-state index in [1.54, 1.807) is 0 Å². The molecule has 2 aliphatic rings. The van der Waals surface area contributed by atoms with Crippen molar-refractivity contribution in [1.82, 2.24) is 10.2 Å². The zero-order chi connectivity index (χ0) is 15.4. The van der Waals surface area contributed by atoms with Gasteiger partial charge in [-0.2, -0.15) is 0 Å². The minimum Gasteiger partial charge on any atom is -0.396 e. The predicted molar refractivity (Wildman–Crippen MR) is 86.4 cm³/mol. The Morgan fingerprint density at radius 1 is 1.23 bits per heavy atom. The molecule has 0 bridgehead atoms. The Balaban J connectivity index is 1.61. The van der Waals surface area contributed by atoms with Gasteiger partial charge in [0, 0.05) is 19.7 Å². The van der Waals surface area contributed by atoms with Gasteiger partial charge in [0.2, 0.25) is 0 Å². The third-order valence-electron chi connectivity index (χ3n) is 5.16. The second-order valence-electron chi connectivity index (χ2n) is 6.63. The van der Waals surface area contributed by atoms with Crippen LogP contribution in [0.2, 0.25) is 0 Å². The van der Waals surface area contributed by atoms with Crippen LogP contribution in [0.25, 0.3) is 0 Å². The average Bonchev–Trinajstić information content (AvgIpc) is 3.13. The molecule has 1 saturated carbocycles. The van der Waals surface area contributed by atoms with E-state index in [-0.39, 0.29) is 18.7 Å². The van der Waals surface area contributed by atoms with Crippen LogP contribution in [-0.4, -0.2) is 35.7 Å². The lowest BCUT2D eigenvalue weighted by molar-refractivity contribution is 0.198. The number of hydrogen-bond donors (Lipinski definition) is 2. The van der Waals surface area contributed by atoms with E-state index in [9.17, 15) is 4.79 Å². The third kappa shape index (κ3) is 3.43. The Labute approximate surface area is 132 Å². The average molecular weight is 302 g/mol. The minimum absolute atomic E-state index is 0.0127. The van der Waals surface area contributed by atoms with E-state index in [0.717, 1.165) is 36.9 Å². The van der Waals surface area contributed by atoms with Crippen LogP contribution in [0.3, 0.4) is 0 Å². The number of amides is 2. The van der Waals surface area contributed by atoms with Gasteiger partial charge in [0.1, 0.15) is 0 Å². The van der Waals surface area contributed by atoms with Crippen LogP contribution in [0.15, 0.2) is 30.3 Å². The number of aliphatic hydroxyl groups is 1. The number of nitrogens with one attached hydrogen (secondary N) is 1. The quantitative estimate of drug-likeness (QED) is 0.878. The van der Waals surface area contributed by atoms with E-state index in [2.05, 4.69) is 5.32 Å². The maximum Gasteiger partial charge on any atom is 0.317 e. The Morgan fingerprint density at radius 2 is 1.91 bits per heavy atom. The number of nitrogens with zero attached hydrogens (tertiary/aromatic N) is 1. The second-order valence-corrected chi connectivity index (χ2v) is 6.63. The van der Waals surface area contributed by atoms with Gasteiger partial charge in [0.05, 0.1) is 6.04 Å². The lowest BCUT2D eigenvalue weighted by Gasteiger charge is -2.24. The van der Waals surface area contributed by atoms with Gasteiger partial charge in [-0.3, -0.25) is 0 Å². The molecular weight excluding hydrogens is 276 g/mol. The molecule has 1 aliphatic heterocycles. The molecule has 2 fully saturated rings. The number of likely N-dealkylation sites (tertiary alicyclic amines) is 1. The van der Waals surface area contributed by atoms with Crippen molar-refractivity contribution in [3.05, 3.63) is 35.9 Å². The van der Waals surface area contributed by atoms with Crippen molar-refractivity contribution in [3.63, 3.8) is 0 Å². The summed E-state index contributed by atoms with van der Waals surface area (Å²) in [7, 11) is 0. The van der Waals surface area contributed by atoms with Crippen LogP contribution in [0.4, 0.5) is 4.79 Å². The number of hydrogen-bond acceptors (Lipinski definition) is 2. The van der Waals surface area contributed by atoms with Crippen molar-refractivity contribution < 1.29 is 9.90 Å². The fourth-order valence-electron chi connectivity index (χ4n) is 3.94. The van der Waals surface area contributed by atoms with Gasteiger partial charge in [-0.1, -0.05) is 36.8 Å². The first-order chi connectivity index (χ1) is 10.8. The topological polar surface area (TPSA) is 52.6 Å². The molecule has 0 radical (unpaired) electrons. The molecule has 1 aromatic carbocycles. The molecule has 3 atom stereocenters. The molecule has 1 heterocycles. The molecule has 2 N–H and O–H groups in total. The van der Waals surface area contributed by atoms with Crippen LogP contribution in [0, 0.1) is 11.8 Å². The smallest absolute Gasteiger partial charge is 0.317 e. The van der Waals surface area contributed by atoms with Gasteiger partial charge < -0.3 is 15.3 Å². The van der Waals surface area contributed by atoms with E-state index in [4.69, 9.17) is 5.11 Å². The number of carbonyl (C=O) groups excluding carboxylic acids is 1. The molecule has 1 aromatic rings. The van der Waals surface area contributed by atoms with Crippen LogP contribution < -0.4 is 5.32 Å². The summed E-state index contributed by atoms with van der Waals surface area (Å²) >= 11 is 0. The summed E-state index contributed by atoms with van der Waals surface area (Å²) in [6.45, 7) is 1.99. The number of benzene rings is 1. The Hall–Kier alpha value is -1.55. The molecule has 0 aromatic heterocycles. The summed E-state index contributed by atoms with van der Waals surface area (Å²) in [5.41, 5.74) is 1.11. The summed E-state index contributed by atoms with van der Waals surface area (Å²) in [5, 5.41) is 12.3. The number of fused-ring (bicyclic) bond motifs is 1. The van der Waals surface area contributed by atoms with Crippen LogP contribution in [-0.2, 0) is 0 Å². The Morgan fingerprint density at radius 3 is 2.55 bits per heavy atom. The van der Waals surface area contributed by atoms with Gasteiger partial charge in [-0.25, -0.2) is 4.79 Å². The van der Waals surface area contributed by atoms with E-state index in [1.165, 1.54) is 19.3 Å². The zero-order valence-electron chi connectivity index (χ0n) is 13.1. The van der Waals surface area contributed by atoms with E-state index < -0.39 is 0 Å². The molecule has 4 nitrogen and oxygen atoms in total. The van der Waals surface area contributed by atoms with Crippen molar-refractivity contribution in [2.24, 2.45) is 11.8 Å². The minimum atomic E-state index is -0.0127. The molecule has 4 heteroatoms. The second kappa shape index (κ2) is 7.14. The highest BCUT2D eigenvalue weighted by Crippen LogP contribution is 2.37. The summed E-state index contributed by atoms with van der Waals surface area (Å²) in [6, 6.07) is 10.1. The van der Waals surface area contributed by atoms with Gasteiger partial charge in [0.25, 0.3) is 0 Å². The fraction of sp³-hybridized carbons (Fsp3) is 0.611. The molecule has 1 aliphatic carbocycles. The monoisotopic (exact) mass is 302 g/mol. The highest BCUT2D eigenvalue weighted by molar-refractivity contribution is 5.75. The largest absolute Gasteiger partial charge is 0.396 e. The lowest BCUT2D eigenvalue weighted by atomic mass is 10.0. The van der Waals surface area contributed by atoms with Crippen molar-refractivity contribution >= 4 is 6.03 Å². The fourth-order valence-corrected chi connectivity index (χ4v) is 3.94. The zero-order valence-corrected chi connectivity index (χ0v) is 13.1. The highest BCUT2D eigenvalue weighted by Gasteiger charge is 2.38. The number of aliphatic hydroxyl groups excluding tert-OH is 1. The van der Waals surface area contributed by atoms with Gasteiger partial charge in [0.15, 0.2) is 0 Å². The normalized spacial score (nSPS) is 25.0. The first kappa shape index (κ1) is 15.3. The highest BCUT2D eigenvalue weighted by atomic mass is 16.3. The standard InChI is InChI=1S/C18H26N2O2/c21-11-5-10-17(14-6-2-1-3-7-14)19-18(22)20-12-15-8-4-9-16(15)13-20/h1-3,6-7,15-17,21H,4-5,8-13H2,(H,19,22). The SMILES string of the molecule is O=C(NC(CCCO)c1ccccc1)N1CC2CCCC2C1. The van der Waals surface area contributed by atoms with Crippen molar-refractivity contribution in [2.45, 2.75) is 38.1 Å². The molecule has 120 valence electrons. The summed E-state index contributed by atoms with van der Waals surface area (Å²) in [6.07, 6.45) is 5.36. The van der Waals surface area contributed by atoms with Crippen molar-refractivity contribution in [3.8, 4) is 0 Å². The van der Waals surface area contributed by atoms with Gasteiger partial charge >= 0.3 is 6.03 Å². The molecule has 3 unspecified atom stereocenters. The number of urea groups is 1. The van der Waals surface area contributed by atoms with Crippen LogP contribution in [0.1, 0.15) is 43.7 Å². The lowest BCUT2D eigenvalue weighted by Crippen LogP contribution is -2.41. The van der Waals surface area contributed by atoms with Crippen LogP contribution >= 0.6 is 0 Å². The maximum absolute atomic E-state index is 12.6. The maximum atomic E-state index is 12.6. The van der Waals surface area contributed by atoms with E-state index >= 15 is 0 Å². The molecule has 22 heavy (non-hydrogen) atoms. The Kier molecular flexibility index (Phi) is 4.98. The third-order valence-corrected chi connectivity index (χ3v) is 5.16. The number of rotatable bonds is 5. The molecule has 3 rings (SSSR count). The van der Waals surface area contributed by atoms with E-state index in [0.29, 0.717) is 6.42 Å². The van der Waals surface area contributed by atoms with Crippen molar-refractivity contribution in [1.29, 1.82) is 0 Å². The molecule has 2 amide bonds. The van der Waals surface area contributed by atoms with Gasteiger partial charge in [-0.15, -0.1) is 0 Å². The predicted octanol–water partition coefficient (Wildman–Crippen LogP) is 2.94. The molecule has 0 spiro atoms. The van der Waals surface area contributed by atoms with Crippen molar-refractivity contribution in [2.75, 3.05) is 19.7 Å². The first-order valence-corrected chi connectivity index (χ1v) is 8.49. The van der Waals surface area contributed by atoms with E-state index in [1.807, 2.05) is 35.2 Å². The van der Waals surface area contributed by atoms with Gasteiger partial charge in [-0.05, 0) is 43.1 Å². The first-order valence-electron chi connectivity index (χ1n) is 8.49. The van der Waals surface area contributed by atoms with Crippen LogP contribution in [0.5, 0.6) is 0 Å². The summed E-state index contributed by atoms with van der Waals surface area (Å²) in [5.74, 6) is 1.44. The molecular formula is C18H26N2O2. The molecule has 1 saturated heterocycles. The summed E-state index contributed by atoms with van der Waals surface area (Å²) < 4.78 is 0. The number of carbonyl (C=O) groups is 1.